The molecule has 2 unspecified atom stereocenters. The van der Waals surface area contributed by atoms with Crippen LogP contribution in [0, 0.1) is 0 Å². The van der Waals surface area contributed by atoms with Crippen molar-refractivity contribution >= 4 is 11.9 Å². The number of rotatable bonds is 51. The summed E-state index contributed by atoms with van der Waals surface area (Å²) in [5, 5.41) is 23.1. The first-order chi connectivity index (χ1) is 30.5. The molecule has 6 heteroatoms. The van der Waals surface area contributed by atoms with Gasteiger partial charge >= 0.3 is 5.97 Å². The maximum Gasteiger partial charge on any atom is 0.305 e. The number of aliphatic hydroxyl groups excluding tert-OH is 2. The fraction of sp³-hybridized carbons (Fsp3) is 0.893. The fourth-order valence-corrected chi connectivity index (χ4v) is 8.45. The molecule has 0 bridgehead atoms. The average molecular weight is 874 g/mol. The molecule has 0 fully saturated rings. The van der Waals surface area contributed by atoms with Gasteiger partial charge in [0, 0.05) is 12.8 Å². The van der Waals surface area contributed by atoms with Crippen LogP contribution in [0.3, 0.4) is 0 Å². The molecule has 0 aromatic heterocycles. The van der Waals surface area contributed by atoms with Crippen molar-refractivity contribution in [3.8, 4) is 0 Å². The Balaban J connectivity index is 3.51. The normalized spacial score (nSPS) is 12.8. The second kappa shape index (κ2) is 52.0. The minimum absolute atomic E-state index is 0.0302. The lowest BCUT2D eigenvalue weighted by atomic mass is 10.0. The van der Waals surface area contributed by atoms with E-state index in [0.29, 0.717) is 19.4 Å². The van der Waals surface area contributed by atoms with Crippen LogP contribution in [0.1, 0.15) is 296 Å². The number of carbonyl (C=O) groups excluding carboxylic acids is 2. The number of ether oxygens (including phenoxy) is 1. The first-order valence-corrected chi connectivity index (χ1v) is 27.6. The Hall–Kier alpha value is -1.66. The molecular formula is C56H107NO5. The van der Waals surface area contributed by atoms with Crippen LogP contribution in [0.2, 0.25) is 0 Å². The molecule has 0 aromatic rings. The molecule has 366 valence electrons. The van der Waals surface area contributed by atoms with Gasteiger partial charge in [-0.05, 0) is 57.8 Å². The highest BCUT2D eigenvalue weighted by atomic mass is 16.5. The predicted molar refractivity (Wildman–Crippen MR) is 269 cm³/mol. The van der Waals surface area contributed by atoms with Crippen LogP contribution in [-0.4, -0.2) is 47.4 Å². The van der Waals surface area contributed by atoms with Gasteiger partial charge in [0.05, 0.1) is 25.4 Å². The molecule has 0 spiro atoms. The molecule has 2 atom stereocenters. The molecule has 0 aliphatic rings. The molecule has 6 nitrogen and oxygen atoms in total. The van der Waals surface area contributed by atoms with Crippen molar-refractivity contribution in [3.63, 3.8) is 0 Å². The summed E-state index contributed by atoms with van der Waals surface area (Å²) < 4.78 is 5.46. The lowest BCUT2D eigenvalue weighted by molar-refractivity contribution is -0.143. The highest BCUT2D eigenvalue weighted by molar-refractivity contribution is 5.76. The van der Waals surface area contributed by atoms with Crippen LogP contribution in [0.15, 0.2) is 24.3 Å². The Bertz CT molecular complexity index is 966. The summed E-state index contributed by atoms with van der Waals surface area (Å²) in [7, 11) is 0. The first kappa shape index (κ1) is 60.3. The van der Waals surface area contributed by atoms with Crippen LogP contribution in [0.4, 0.5) is 0 Å². The van der Waals surface area contributed by atoms with Crippen LogP contribution < -0.4 is 5.32 Å². The van der Waals surface area contributed by atoms with E-state index in [2.05, 4.69) is 31.3 Å². The van der Waals surface area contributed by atoms with Crippen molar-refractivity contribution in [1.29, 1.82) is 0 Å². The summed E-state index contributed by atoms with van der Waals surface area (Å²) in [5.41, 5.74) is 0. The summed E-state index contributed by atoms with van der Waals surface area (Å²) in [6.07, 6.45) is 61.8. The van der Waals surface area contributed by atoms with E-state index in [0.717, 1.165) is 57.8 Å². The fourth-order valence-electron chi connectivity index (χ4n) is 8.45. The van der Waals surface area contributed by atoms with Crippen molar-refractivity contribution in [2.75, 3.05) is 13.2 Å². The summed E-state index contributed by atoms with van der Waals surface area (Å²) in [4.78, 5) is 24.5. The highest BCUT2D eigenvalue weighted by Gasteiger charge is 2.18. The van der Waals surface area contributed by atoms with Crippen LogP contribution >= 0.6 is 0 Å². The maximum atomic E-state index is 12.5. The molecule has 62 heavy (non-hydrogen) atoms. The minimum Gasteiger partial charge on any atom is -0.466 e. The lowest BCUT2D eigenvalue weighted by Gasteiger charge is -2.20. The van der Waals surface area contributed by atoms with Gasteiger partial charge in [-0.1, -0.05) is 250 Å². The third kappa shape index (κ3) is 47.8. The molecule has 0 saturated heterocycles. The van der Waals surface area contributed by atoms with Crippen LogP contribution in [0.5, 0.6) is 0 Å². The molecule has 1 amide bonds. The van der Waals surface area contributed by atoms with E-state index in [1.165, 1.54) is 212 Å². The first-order valence-electron chi connectivity index (χ1n) is 27.6. The molecule has 0 aliphatic heterocycles. The Morgan fingerprint density at radius 1 is 0.435 bits per heavy atom. The standard InChI is InChI=1S/C56H107NO5/c1-3-5-7-9-11-13-15-17-19-21-22-24-25-27-29-32-36-40-44-48-54(59)53(52-58)57-55(60)49-45-41-37-33-31-35-39-43-47-51-62-56(61)50-46-42-38-34-30-28-26-23-20-18-16-14-12-10-8-6-4-2/h18,20,44,48,53-54,58-59H,3-17,19,21-43,45-47,49-52H2,1-2H3,(H,57,60)/b20-18-,48-44+. The number of hydrogen-bond donors (Lipinski definition) is 3. The van der Waals surface area contributed by atoms with E-state index in [-0.39, 0.29) is 18.5 Å². The number of hydrogen-bond acceptors (Lipinski definition) is 5. The average Bonchev–Trinajstić information content (AvgIpc) is 3.27. The predicted octanol–water partition coefficient (Wildman–Crippen LogP) is 16.7. The lowest BCUT2D eigenvalue weighted by Crippen LogP contribution is -2.45. The minimum atomic E-state index is -0.862. The topological polar surface area (TPSA) is 95.9 Å². The van der Waals surface area contributed by atoms with Crippen molar-refractivity contribution in [2.45, 2.75) is 309 Å². The highest BCUT2D eigenvalue weighted by Crippen LogP contribution is 2.16. The van der Waals surface area contributed by atoms with Crippen molar-refractivity contribution in [2.24, 2.45) is 0 Å². The Kier molecular flexibility index (Phi) is 50.6. The number of carbonyl (C=O) groups is 2. The number of amides is 1. The Labute approximate surface area is 386 Å². The monoisotopic (exact) mass is 874 g/mol. The largest absolute Gasteiger partial charge is 0.466 e. The number of esters is 1. The molecule has 0 saturated carbocycles. The summed E-state index contributed by atoms with van der Waals surface area (Å²) in [5.74, 6) is -0.124. The number of unbranched alkanes of at least 4 members (excludes halogenated alkanes) is 38. The van der Waals surface area contributed by atoms with Crippen LogP contribution in [0.25, 0.3) is 0 Å². The summed E-state index contributed by atoms with van der Waals surface area (Å²) >= 11 is 0. The van der Waals surface area contributed by atoms with E-state index >= 15 is 0 Å². The SMILES string of the molecule is CCCCCCCC/C=C\CCCCCCCCCC(=O)OCCCCCCCCCCCC(=O)NC(CO)C(O)/C=C/CCCCCCCCCCCCCCCCCCC. The van der Waals surface area contributed by atoms with E-state index < -0.39 is 12.1 Å². The van der Waals surface area contributed by atoms with E-state index in [4.69, 9.17) is 4.74 Å². The van der Waals surface area contributed by atoms with Gasteiger partial charge in [-0.25, -0.2) is 0 Å². The number of allylic oxidation sites excluding steroid dienone is 3. The Morgan fingerprint density at radius 2 is 0.758 bits per heavy atom. The van der Waals surface area contributed by atoms with Gasteiger partial charge in [-0.2, -0.15) is 0 Å². The van der Waals surface area contributed by atoms with E-state index in [1.54, 1.807) is 6.08 Å². The number of aliphatic hydroxyl groups is 2. The third-order valence-corrected chi connectivity index (χ3v) is 12.7. The molecule has 0 aromatic carbocycles. The van der Waals surface area contributed by atoms with Gasteiger partial charge in [0.1, 0.15) is 0 Å². The molecule has 0 radical (unpaired) electrons. The smallest absolute Gasteiger partial charge is 0.305 e. The molecule has 0 rings (SSSR count). The maximum absolute atomic E-state index is 12.5. The zero-order valence-corrected chi connectivity index (χ0v) is 41.6. The summed E-state index contributed by atoms with van der Waals surface area (Å²) in [6.45, 7) is 4.85. The zero-order chi connectivity index (χ0) is 45.1. The summed E-state index contributed by atoms with van der Waals surface area (Å²) in [6, 6.07) is -0.648. The number of nitrogens with one attached hydrogen (secondary N) is 1. The quantitative estimate of drug-likeness (QED) is 0.0321. The van der Waals surface area contributed by atoms with Crippen molar-refractivity contribution in [3.05, 3.63) is 24.3 Å². The van der Waals surface area contributed by atoms with Gasteiger partial charge in [0.25, 0.3) is 0 Å². The van der Waals surface area contributed by atoms with Gasteiger partial charge in [0.15, 0.2) is 0 Å². The van der Waals surface area contributed by atoms with E-state index in [1.807, 2.05) is 6.08 Å². The third-order valence-electron chi connectivity index (χ3n) is 12.7. The molecule has 3 N–H and O–H groups in total. The Morgan fingerprint density at radius 3 is 1.15 bits per heavy atom. The van der Waals surface area contributed by atoms with Crippen molar-refractivity contribution in [1.82, 2.24) is 5.32 Å². The molecule has 0 heterocycles. The van der Waals surface area contributed by atoms with Gasteiger partial charge in [-0.15, -0.1) is 0 Å². The van der Waals surface area contributed by atoms with Gasteiger partial charge in [0.2, 0.25) is 5.91 Å². The van der Waals surface area contributed by atoms with Gasteiger partial charge < -0.3 is 20.3 Å². The zero-order valence-electron chi connectivity index (χ0n) is 41.6. The molecular weight excluding hydrogens is 767 g/mol. The van der Waals surface area contributed by atoms with Crippen molar-refractivity contribution < 1.29 is 24.5 Å². The second-order valence-electron chi connectivity index (χ2n) is 18.9. The second-order valence-corrected chi connectivity index (χ2v) is 18.9. The molecule has 0 aliphatic carbocycles. The van der Waals surface area contributed by atoms with E-state index in [9.17, 15) is 19.8 Å². The van der Waals surface area contributed by atoms with Crippen LogP contribution in [-0.2, 0) is 14.3 Å². The van der Waals surface area contributed by atoms with Gasteiger partial charge in [-0.3, -0.25) is 9.59 Å².